The summed E-state index contributed by atoms with van der Waals surface area (Å²) >= 11 is 0. The standard InChI is InChI=1S/C34H44N6O3/c1-34(2,33(42)38-17-14-35-15-18-38)43-31-7-3-6-30(19-31)39-16-4-5-28(24-39)32(41)40(22-25-8-9-25)23-26-10-12-27(13-11-26)29-20-36-37-21-29/h3,6-7,10-13,19-21,25,28,35H,4-5,8-9,14-18,22-24H2,1-2H3,(H,36,37). The van der Waals surface area contributed by atoms with Crippen LogP contribution in [0.25, 0.3) is 11.1 Å². The molecule has 228 valence electrons. The number of nitrogens with one attached hydrogen (secondary N) is 2. The van der Waals surface area contributed by atoms with Gasteiger partial charge in [0.25, 0.3) is 5.91 Å². The first-order chi connectivity index (χ1) is 20.9. The van der Waals surface area contributed by atoms with Gasteiger partial charge >= 0.3 is 0 Å². The number of rotatable bonds is 10. The van der Waals surface area contributed by atoms with Gasteiger partial charge in [0, 0.05) is 75.9 Å². The van der Waals surface area contributed by atoms with E-state index in [-0.39, 0.29) is 17.7 Å². The van der Waals surface area contributed by atoms with Crippen LogP contribution >= 0.6 is 0 Å². The van der Waals surface area contributed by atoms with Crippen LogP contribution in [0, 0.1) is 11.8 Å². The van der Waals surface area contributed by atoms with E-state index in [0.717, 1.165) is 61.4 Å². The molecule has 1 unspecified atom stereocenters. The van der Waals surface area contributed by atoms with E-state index in [4.69, 9.17) is 4.74 Å². The summed E-state index contributed by atoms with van der Waals surface area (Å²) < 4.78 is 6.29. The molecule has 1 atom stereocenters. The summed E-state index contributed by atoms with van der Waals surface area (Å²) in [4.78, 5) is 33.5. The Morgan fingerprint density at radius 2 is 1.81 bits per heavy atom. The highest BCUT2D eigenvalue weighted by molar-refractivity contribution is 5.85. The number of anilines is 1. The number of aromatic amines is 1. The van der Waals surface area contributed by atoms with Gasteiger partial charge in [-0.25, -0.2) is 0 Å². The fourth-order valence-electron chi connectivity index (χ4n) is 6.28. The number of hydrogen-bond donors (Lipinski definition) is 2. The molecule has 1 aromatic heterocycles. The van der Waals surface area contributed by atoms with Crippen molar-refractivity contribution in [2.45, 2.75) is 51.7 Å². The number of hydrogen-bond acceptors (Lipinski definition) is 6. The van der Waals surface area contributed by atoms with Crippen LogP contribution in [0.4, 0.5) is 5.69 Å². The average molecular weight is 585 g/mol. The van der Waals surface area contributed by atoms with Crippen molar-refractivity contribution in [2.75, 3.05) is 50.7 Å². The molecule has 0 bridgehead atoms. The number of carbonyl (C=O) groups excluding carboxylic acids is 2. The molecule has 0 radical (unpaired) electrons. The molecule has 3 heterocycles. The maximum Gasteiger partial charge on any atom is 0.266 e. The van der Waals surface area contributed by atoms with Gasteiger partial charge in [-0.1, -0.05) is 30.3 Å². The second-order valence-corrected chi connectivity index (χ2v) is 12.8. The Morgan fingerprint density at radius 1 is 1.02 bits per heavy atom. The van der Waals surface area contributed by atoms with Crippen LogP contribution in [-0.2, 0) is 16.1 Å². The van der Waals surface area contributed by atoms with Crippen molar-refractivity contribution in [1.29, 1.82) is 0 Å². The molecule has 9 heteroatoms. The Morgan fingerprint density at radius 3 is 2.53 bits per heavy atom. The Balaban J connectivity index is 1.11. The predicted octanol–water partition coefficient (Wildman–Crippen LogP) is 4.32. The third kappa shape index (κ3) is 7.21. The van der Waals surface area contributed by atoms with E-state index < -0.39 is 5.60 Å². The minimum absolute atomic E-state index is 0.00917. The molecule has 3 aromatic rings. The van der Waals surface area contributed by atoms with E-state index in [9.17, 15) is 9.59 Å². The van der Waals surface area contributed by atoms with Gasteiger partial charge in [-0.3, -0.25) is 14.7 Å². The second kappa shape index (κ2) is 12.8. The third-order valence-electron chi connectivity index (χ3n) is 8.89. The molecule has 2 N–H and O–H groups in total. The fourth-order valence-corrected chi connectivity index (χ4v) is 6.28. The largest absolute Gasteiger partial charge is 0.478 e. The average Bonchev–Trinajstić information content (AvgIpc) is 3.69. The van der Waals surface area contributed by atoms with Crippen LogP contribution in [0.2, 0.25) is 0 Å². The van der Waals surface area contributed by atoms with Crippen LogP contribution in [0.5, 0.6) is 5.75 Å². The monoisotopic (exact) mass is 584 g/mol. The summed E-state index contributed by atoms with van der Waals surface area (Å²) in [5, 5.41) is 10.2. The van der Waals surface area contributed by atoms with Gasteiger partial charge < -0.3 is 24.8 Å². The number of amides is 2. The first-order valence-corrected chi connectivity index (χ1v) is 15.8. The molecule has 43 heavy (non-hydrogen) atoms. The van der Waals surface area contributed by atoms with Crippen LogP contribution in [-0.4, -0.2) is 83.2 Å². The number of benzene rings is 2. The molecule has 3 fully saturated rings. The van der Waals surface area contributed by atoms with Gasteiger partial charge in [0.2, 0.25) is 5.91 Å². The summed E-state index contributed by atoms with van der Waals surface area (Å²) in [6.07, 6.45) is 8.00. The molecule has 0 spiro atoms. The molecular weight excluding hydrogens is 540 g/mol. The van der Waals surface area contributed by atoms with E-state index >= 15 is 0 Å². The van der Waals surface area contributed by atoms with Crippen molar-refractivity contribution < 1.29 is 14.3 Å². The van der Waals surface area contributed by atoms with Gasteiger partial charge in [-0.15, -0.1) is 0 Å². The number of aromatic nitrogens is 2. The number of piperidine rings is 1. The van der Waals surface area contributed by atoms with Crippen molar-refractivity contribution in [3.8, 4) is 16.9 Å². The normalized spacial score (nSPS) is 19.3. The zero-order chi connectivity index (χ0) is 29.8. The Labute approximate surface area is 254 Å². The zero-order valence-corrected chi connectivity index (χ0v) is 25.4. The van der Waals surface area contributed by atoms with Crippen molar-refractivity contribution >= 4 is 17.5 Å². The first-order valence-electron chi connectivity index (χ1n) is 15.8. The zero-order valence-electron chi connectivity index (χ0n) is 25.4. The summed E-state index contributed by atoms with van der Waals surface area (Å²) in [5.74, 6) is 1.51. The summed E-state index contributed by atoms with van der Waals surface area (Å²) in [7, 11) is 0. The fraction of sp³-hybridized carbons (Fsp3) is 0.500. The van der Waals surface area contributed by atoms with E-state index in [0.29, 0.717) is 37.8 Å². The molecular formula is C34H44N6O3. The van der Waals surface area contributed by atoms with E-state index in [1.54, 1.807) is 0 Å². The Kier molecular flexibility index (Phi) is 8.70. The molecule has 1 saturated carbocycles. The van der Waals surface area contributed by atoms with Crippen LogP contribution in [0.1, 0.15) is 45.1 Å². The molecule has 2 saturated heterocycles. The van der Waals surface area contributed by atoms with Gasteiger partial charge in [0.15, 0.2) is 5.60 Å². The smallest absolute Gasteiger partial charge is 0.266 e. The SMILES string of the molecule is CC(C)(Oc1cccc(N2CCCC(C(=O)N(Cc3ccc(-c4cn[nH]c4)cc3)CC3CC3)C2)c1)C(=O)N1CCNCC1. The minimum atomic E-state index is -0.962. The highest BCUT2D eigenvalue weighted by atomic mass is 16.5. The van der Waals surface area contributed by atoms with Gasteiger partial charge in [0.05, 0.1) is 12.1 Å². The van der Waals surface area contributed by atoms with Crippen molar-refractivity contribution in [3.63, 3.8) is 0 Å². The summed E-state index contributed by atoms with van der Waals surface area (Å²) in [6, 6.07) is 16.5. The maximum absolute atomic E-state index is 14.0. The van der Waals surface area contributed by atoms with Gasteiger partial charge in [0.1, 0.15) is 5.75 Å². The predicted molar refractivity (Wildman–Crippen MR) is 168 cm³/mol. The lowest BCUT2D eigenvalue weighted by atomic mass is 9.95. The number of carbonyl (C=O) groups is 2. The highest BCUT2D eigenvalue weighted by Crippen LogP contribution is 2.33. The topological polar surface area (TPSA) is 93.8 Å². The number of ether oxygens (including phenoxy) is 1. The van der Waals surface area contributed by atoms with Crippen molar-refractivity contribution in [3.05, 3.63) is 66.5 Å². The Bertz CT molecular complexity index is 1380. The first kappa shape index (κ1) is 29.2. The second-order valence-electron chi connectivity index (χ2n) is 12.8. The third-order valence-corrected chi connectivity index (χ3v) is 8.89. The highest BCUT2D eigenvalue weighted by Gasteiger charge is 2.36. The molecule has 3 aliphatic rings. The lowest BCUT2D eigenvalue weighted by Crippen LogP contribution is -2.54. The lowest BCUT2D eigenvalue weighted by molar-refractivity contribution is -0.146. The minimum Gasteiger partial charge on any atom is -0.478 e. The summed E-state index contributed by atoms with van der Waals surface area (Å²) in [5.41, 5.74) is 3.39. The van der Waals surface area contributed by atoms with Crippen molar-refractivity contribution in [1.82, 2.24) is 25.3 Å². The lowest BCUT2D eigenvalue weighted by Gasteiger charge is -2.37. The molecule has 2 aromatic carbocycles. The van der Waals surface area contributed by atoms with E-state index in [1.165, 1.54) is 12.8 Å². The van der Waals surface area contributed by atoms with Gasteiger partial charge in [-0.05, 0) is 68.7 Å². The number of piperazine rings is 1. The van der Waals surface area contributed by atoms with Crippen LogP contribution in [0.15, 0.2) is 60.9 Å². The van der Waals surface area contributed by atoms with E-state index in [1.807, 2.05) is 49.3 Å². The molecule has 9 nitrogen and oxygen atoms in total. The quantitative estimate of drug-likeness (QED) is 0.369. The Hall–Kier alpha value is -3.85. The van der Waals surface area contributed by atoms with Crippen molar-refractivity contribution in [2.24, 2.45) is 11.8 Å². The van der Waals surface area contributed by atoms with E-state index in [2.05, 4.69) is 55.6 Å². The summed E-state index contributed by atoms with van der Waals surface area (Å²) in [6.45, 7) is 9.76. The molecule has 2 amide bonds. The number of H-pyrrole nitrogens is 1. The van der Waals surface area contributed by atoms with Crippen LogP contribution in [0.3, 0.4) is 0 Å². The maximum atomic E-state index is 14.0. The molecule has 2 aliphatic heterocycles. The molecule has 1 aliphatic carbocycles. The van der Waals surface area contributed by atoms with Crippen LogP contribution < -0.4 is 15.0 Å². The number of nitrogens with zero attached hydrogens (tertiary/aromatic N) is 4. The van der Waals surface area contributed by atoms with Gasteiger partial charge in [-0.2, -0.15) is 5.10 Å². The molecule has 6 rings (SSSR count).